The highest BCUT2D eigenvalue weighted by Gasteiger charge is 2.43. The van der Waals surface area contributed by atoms with Crippen molar-refractivity contribution < 1.29 is 23.5 Å². The van der Waals surface area contributed by atoms with Crippen LogP contribution in [0.15, 0.2) is 66.9 Å². The maximum absolute atomic E-state index is 14.1. The molecule has 0 aromatic heterocycles. The third-order valence-corrected chi connectivity index (χ3v) is 7.65. The number of carbonyl (C=O) groups excluding carboxylic acids is 2. The van der Waals surface area contributed by atoms with Crippen molar-refractivity contribution in [1.29, 1.82) is 0 Å². The lowest BCUT2D eigenvalue weighted by molar-refractivity contribution is -0.144. The van der Waals surface area contributed by atoms with Crippen molar-refractivity contribution >= 4 is 11.8 Å². The normalized spacial score (nSPS) is 21.4. The number of aryl methyl sites for hydroxylation is 1. The molecule has 2 aromatic rings. The second-order valence-corrected chi connectivity index (χ2v) is 10.6. The highest BCUT2D eigenvalue weighted by atomic mass is 19.3. The van der Waals surface area contributed by atoms with Crippen LogP contribution in [-0.4, -0.2) is 46.9 Å². The fraction of sp³-hybridized carbons (Fsp3) is 0.467. The first-order valence-corrected chi connectivity index (χ1v) is 13.4. The molecule has 4 N–H and O–H groups in total. The molecule has 0 radical (unpaired) electrons. The van der Waals surface area contributed by atoms with Gasteiger partial charge in [-0.1, -0.05) is 36.9 Å². The molecule has 204 valence electrons. The summed E-state index contributed by atoms with van der Waals surface area (Å²) in [5.41, 5.74) is 2.76. The summed E-state index contributed by atoms with van der Waals surface area (Å²) < 4.78 is 28.2. The molecule has 1 aliphatic heterocycles. The Hall–Kier alpha value is -3.42. The predicted octanol–water partition coefficient (Wildman–Crippen LogP) is 4.52. The van der Waals surface area contributed by atoms with E-state index in [1.54, 1.807) is 17.0 Å². The monoisotopic (exact) mass is 526 g/mol. The summed E-state index contributed by atoms with van der Waals surface area (Å²) >= 11 is 0. The van der Waals surface area contributed by atoms with E-state index >= 15 is 0 Å². The van der Waals surface area contributed by atoms with Crippen molar-refractivity contribution in [1.82, 2.24) is 15.5 Å². The van der Waals surface area contributed by atoms with Crippen LogP contribution in [0.1, 0.15) is 49.7 Å². The number of halogens is 2. The number of rotatable bonds is 10. The molecule has 3 unspecified atom stereocenters. The maximum atomic E-state index is 14.1. The number of nitrogens with one attached hydrogen (secondary N) is 2. The smallest absolute Gasteiger partial charge is 0.253 e. The van der Waals surface area contributed by atoms with Crippen LogP contribution in [0.3, 0.4) is 0 Å². The predicted molar refractivity (Wildman–Crippen MR) is 144 cm³/mol. The van der Waals surface area contributed by atoms with Crippen LogP contribution in [0.5, 0.6) is 5.75 Å². The molecule has 38 heavy (non-hydrogen) atoms. The first-order chi connectivity index (χ1) is 18.2. The van der Waals surface area contributed by atoms with Gasteiger partial charge in [-0.05, 0) is 54.9 Å². The van der Waals surface area contributed by atoms with Gasteiger partial charge in [-0.3, -0.25) is 9.59 Å². The number of benzene rings is 2. The van der Waals surface area contributed by atoms with Crippen molar-refractivity contribution in [3.8, 4) is 5.75 Å². The average Bonchev–Trinajstić information content (AvgIpc) is 3.26. The average molecular weight is 527 g/mol. The van der Waals surface area contributed by atoms with Crippen LogP contribution < -0.4 is 10.6 Å². The number of amides is 2. The summed E-state index contributed by atoms with van der Waals surface area (Å²) in [6.07, 6.45) is 1.87. The van der Waals surface area contributed by atoms with Crippen LogP contribution in [0.2, 0.25) is 0 Å². The Morgan fingerprint density at radius 1 is 1.11 bits per heavy atom. The minimum atomic E-state index is -2.73. The number of alkyl halides is 2. The fourth-order valence-corrected chi connectivity index (χ4v) is 5.51. The maximum Gasteiger partial charge on any atom is 0.253 e. The number of allylic oxidation sites excluding steroid dienone is 1. The second kappa shape index (κ2) is 12.4. The number of hydrogen-bond acceptors (Lipinski definition) is 3. The van der Waals surface area contributed by atoms with Gasteiger partial charge in [0.05, 0.1) is 0 Å². The molecule has 3 atom stereocenters. The topological polar surface area (TPSA) is 84.3 Å². The second-order valence-electron chi connectivity index (χ2n) is 10.6. The third kappa shape index (κ3) is 7.55. The van der Waals surface area contributed by atoms with Gasteiger partial charge < -0.3 is 20.6 Å². The number of carbonyl (C=O) groups is 2. The number of piperidine rings is 1. The zero-order valence-corrected chi connectivity index (χ0v) is 21.7. The summed E-state index contributed by atoms with van der Waals surface area (Å²) in [6, 6.07) is 15.8. The van der Waals surface area contributed by atoms with Crippen molar-refractivity contribution in [3.63, 3.8) is 0 Å². The molecule has 1 saturated carbocycles. The molecule has 2 fully saturated rings. The van der Waals surface area contributed by atoms with Gasteiger partial charge in [-0.25, -0.2) is 8.78 Å². The number of nitrogens with zero attached hydrogens (tertiary/aromatic N) is 1. The van der Waals surface area contributed by atoms with E-state index in [9.17, 15) is 18.4 Å². The van der Waals surface area contributed by atoms with Crippen LogP contribution >= 0.6 is 0 Å². The first-order valence-electron chi connectivity index (χ1n) is 13.4. The number of hydrogen-bond donors (Lipinski definition) is 2. The summed E-state index contributed by atoms with van der Waals surface area (Å²) in [7, 11) is 0. The Bertz CT molecular complexity index is 1100. The molecule has 0 spiro atoms. The molecule has 6 nitrogen and oxygen atoms in total. The molecule has 1 saturated heterocycles. The summed E-state index contributed by atoms with van der Waals surface area (Å²) in [5, 5.41) is 13.9. The zero-order valence-electron chi connectivity index (χ0n) is 21.7. The quantitative estimate of drug-likeness (QED) is 0.447. The van der Waals surface area contributed by atoms with Gasteiger partial charge in [0.2, 0.25) is 17.7 Å². The fourth-order valence-electron chi connectivity index (χ4n) is 5.51. The molecule has 4 rings (SSSR count). The zero-order chi connectivity index (χ0) is 27.1. The van der Waals surface area contributed by atoms with E-state index in [0.29, 0.717) is 44.5 Å². The van der Waals surface area contributed by atoms with Crippen molar-refractivity contribution in [3.05, 3.63) is 78.0 Å². The molecule has 2 amide bonds. The summed E-state index contributed by atoms with van der Waals surface area (Å²) in [5.74, 6) is -3.32. The van der Waals surface area contributed by atoms with E-state index in [1.165, 1.54) is 0 Å². The van der Waals surface area contributed by atoms with E-state index < -0.39 is 12.0 Å². The molecule has 8 heteroatoms. The van der Waals surface area contributed by atoms with E-state index in [1.807, 2.05) is 42.5 Å². The SMILES string of the molecule is C=C1CCC(C(C(=O)NCc2ccccc2)N(CC2CCC(F)(F)C2)C(=O)CCc2ccc([OH2+])cc2)CN1. The Morgan fingerprint density at radius 3 is 2.47 bits per heavy atom. The molecule has 1 aliphatic carbocycles. The van der Waals surface area contributed by atoms with Gasteiger partial charge in [-0.15, -0.1) is 0 Å². The summed E-state index contributed by atoms with van der Waals surface area (Å²) in [4.78, 5) is 29.1. The Labute approximate surface area is 223 Å². The minimum Gasteiger partial charge on any atom is -0.593 e. The van der Waals surface area contributed by atoms with Gasteiger partial charge in [0.15, 0.2) is 0 Å². The highest BCUT2D eigenvalue weighted by molar-refractivity contribution is 5.88. The molecule has 2 aliphatic rings. The van der Waals surface area contributed by atoms with Crippen LogP contribution in [0, 0.1) is 11.8 Å². The lowest BCUT2D eigenvalue weighted by Gasteiger charge is -2.40. The standard InChI is InChI=1S/C30H37F2N3O3/c1-21-7-11-25(19-33-21)28(29(38)34-18-23-5-3-2-4-6-23)35(20-24-15-16-30(31,32)17-24)27(37)14-10-22-8-12-26(36)13-9-22/h2-6,8-9,12-13,24-25,28,33,36H,1,7,10-11,14-20H2,(H,34,38)/p+1. The van der Waals surface area contributed by atoms with Crippen LogP contribution in [0.4, 0.5) is 8.78 Å². The van der Waals surface area contributed by atoms with Gasteiger partial charge in [0.25, 0.3) is 5.75 Å². The van der Waals surface area contributed by atoms with Gasteiger partial charge >= 0.3 is 0 Å². The highest BCUT2D eigenvalue weighted by Crippen LogP contribution is 2.40. The van der Waals surface area contributed by atoms with E-state index in [2.05, 4.69) is 17.2 Å². The Morgan fingerprint density at radius 2 is 1.84 bits per heavy atom. The van der Waals surface area contributed by atoms with Gasteiger partial charge in [-0.2, -0.15) is 0 Å². The van der Waals surface area contributed by atoms with Crippen molar-refractivity contribution in [2.24, 2.45) is 11.8 Å². The largest absolute Gasteiger partial charge is 0.593 e. The Kier molecular flexibility index (Phi) is 9.02. The van der Waals surface area contributed by atoms with Crippen LogP contribution in [-0.2, 0) is 22.6 Å². The van der Waals surface area contributed by atoms with Crippen molar-refractivity contribution in [2.45, 2.75) is 63.5 Å². The molecular weight excluding hydrogens is 488 g/mol. The van der Waals surface area contributed by atoms with Crippen LogP contribution in [0.25, 0.3) is 0 Å². The minimum absolute atomic E-state index is 0.140. The first kappa shape index (κ1) is 27.6. The van der Waals surface area contributed by atoms with Crippen molar-refractivity contribution in [2.75, 3.05) is 13.1 Å². The van der Waals surface area contributed by atoms with Gasteiger partial charge in [0, 0.05) is 62.6 Å². The van der Waals surface area contributed by atoms with E-state index in [-0.39, 0.29) is 49.5 Å². The summed E-state index contributed by atoms with van der Waals surface area (Å²) in [6.45, 7) is 4.95. The van der Waals surface area contributed by atoms with Gasteiger partial charge in [0.1, 0.15) is 6.04 Å². The Balaban J connectivity index is 1.56. The molecular formula is C30H38F2N3O3+. The van der Waals surface area contributed by atoms with E-state index in [4.69, 9.17) is 5.11 Å². The van der Waals surface area contributed by atoms with E-state index in [0.717, 1.165) is 16.8 Å². The third-order valence-electron chi connectivity index (χ3n) is 7.65. The lowest BCUT2D eigenvalue weighted by Crippen LogP contribution is -2.57. The molecule has 2 aromatic carbocycles. The molecule has 1 heterocycles. The molecule has 0 bridgehead atoms. The lowest BCUT2D eigenvalue weighted by atomic mass is 9.87.